The van der Waals surface area contributed by atoms with Crippen molar-refractivity contribution in [3.05, 3.63) is 66.7 Å². The van der Waals surface area contributed by atoms with Crippen LogP contribution in [0.4, 0.5) is 0 Å². The first-order valence-corrected chi connectivity index (χ1v) is 13.3. The van der Waals surface area contributed by atoms with Crippen LogP contribution in [0.2, 0.25) is 0 Å². The third-order valence-electron chi connectivity index (χ3n) is 6.72. The van der Waals surface area contributed by atoms with Crippen LogP contribution in [0, 0.1) is 0 Å². The molecule has 0 spiro atoms. The van der Waals surface area contributed by atoms with Crippen LogP contribution in [-0.2, 0) is 17.1 Å². The second-order valence-electron chi connectivity index (χ2n) is 9.57. The number of aromatic nitrogens is 4. The van der Waals surface area contributed by atoms with Crippen molar-refractivity contribution < 1.29 is 8.42 Å². The maximum atomic E-state index is 13.5. The topological polar surface area (TPSA) is 81.8 Å². The van der Waals surface area contributed by atoms with E-state index in [9.17, 15) is 8.42 Å². The summed E-state index contributed by atoms with van der Waals surface area (Å²) < 4.78 is 30.0. The van der Waals surface area contributed by atoms with Crippen LogP contribution in [0.5, 0.6) is 0 Å². The molecular weight excluding hydrogens is 446 g/mol. The lowest BCUT2D eigenvalue weighted by Gasteiger charge is -2.30. The number of aryl methyl sites for hydroxylation is 1. The Morgan fingerprint density at radius 2 is 1.76 bits per heavy atom. The van der Waals surface area contributed by atoms with E-state index < -0.39 is 10.0 Å². The molecule has 1 fully saturated rings. The number of benzene rings is 1. The molecule has 0 unspecified atom stereocenters. The summed E-state index contributed by atoms with van der Waals surface area (Å²) in [5.74, 6) is 0.429. The highest BCUT2D eigenvalue weighted by molar-refractivity contribution is 7.90. The van der Waals surface area contributed by atoms with Crippen molar-refractivity contribution in [2.24, 2.45) is 7.05 Å². The Morgan fingerprint density at radius 1 is 1.03 bits per heavy atom. The fraction of sp³-hybridized carbons (Fsp3) is 0.385. The van der Waals surface area contributed by atoms with Crippen LogP contribution in [0.25, 0.3) is 22.2 Å². The molecule has 0 amide bonds. The monoisotopic (exact) mass is 477 g/mol. The van der Waals surface area contributed by atoms with Crippen LogP contribution in [0.1, 0.15) is 51.0 Å². The summed E-state index contributed by atoms with van der Waals surface area (Å²) in [5.41, 5.74) is 3.32. The summed E-state index contributed by atoms with van der Waals surface area (Å²) >= 11 is 0. The molecule has 1 N–H and O–H groups in total. The standard InChI is InChI=1S/C26H31N5O2S/c1-18(2)29-22-11-9-19(10-12-22)20-13-24-25(21-15-28-30(3)16-21)17-31(26(24)27-14-20)34(32,33)23-7-5-4-6-8-23/h4-8,13-19,22,29H,9-12H2,1-3H3/t19-,22-. The predicted octanol–water partition coefficient (Wildman–Crippen LogP) is 4.70. The summed E-state index contributed by atoms with van der Waals surface area (Å²) in [6.07, 6.45) is 11.7. The second kappa shape index (κ2) is 9.00. The van der Waals surface area contributed by atoms with Crippen LogP contribution >= 0.6 is 0 Å². The largest absolute Gasteiger partial charge is 0.312 e. The van der Waals surface area contributed by atoms with E-state index >= 15 is 0 Å². The number of nitrogens with zero attached hydrogens (tertiary/aromatic N) is 4. The van der Waals surface area contributed by atoms with Gasteiger partial charge in [0, 0.05) is 54.2 Å². The molecule has 0 bridgehead atoms. The first kappa shape index (κ1) is 22.8. The molecule has 0 saturated heterocycles. The maximum absolute atomic E-state index is 13.5. The summed E-state index contributed by atoms with van der Waals surface area (Å²) in [5, 5.41) is 8.80. The molecule has 1 aromatic carbocycles. The molecule has 7 nitrogen and oxygen atoms in total. The van der Waals surface area contributed by atoms with Crippen LogP contribution in [0.15, 0.2) is 66.1 Å². The summed E-state index contributed by atoms with van der Waals surface area (Å²) in [4.78, 5) is 4.95. The first-order valence-electron chi connectivity index (χ1n) is 11.9. The Bertz CT molecular complexity index is 1400. The molecule has 178 valence electrons. The number of pyridine rings is 1. The van der Waals surface area contributed by atoms with Gasteiger partial charge in [-0.1, -0.05) is 32.0 Å². The first-order chi connectivity index (χ1) is 16.3. The molecule has 3 heterocycles. The van der Waals surface area contributed by atoms with Gasteiger partial charge in [-0.25, -0.2) is 17.4 Å². The highest BCUT2D eigenvalue weighted by Gasteiger charge is 2.26. The lowest BCUT2D eigenvalue weighted by Crippen LogP contribution is -2.37. The Balaban J connectivity index is 1.57. The van der Waals surface area contributed by atoms with Gasteiger partial charge in [0.25, 0.3) is 10.0 Å². The van der Waals surface area contributed by atoms with Crippen LogP contribution < -0.4 is 5.32 Å². The van der Waals surface area contributed by atoms with Crippen molar-refractivity contribution in [3.8, 4) is 11.1 Å². The van der Waals surface area contributed by atoms with E-state index in [-0.39, 0.29) is 4.90 Å². The smallest absolute Gasteiger partial charge is 0.269 e. The zero-order chi connectivity index (χ0) is 23.9. The number of hydrogen-bond acceptors (Lipinski definition) is 5. The fourth-order valence-electron chi connectivity index (χ4n) is 5.06. The van der Waals surface area contributed by atoms with E-state index in [2.05, 4.69) is 30.3 Å². The average Bonchev–Trinajstić information content (AvgIpc) is 3.43. The van der Waals surface area contributed by atoms with Gasteiger partial charge in [0.1, 0.15) is 0 Å². The number of hydrogen-bond donors (Lipinski definition) is 1. The molecule has 1 saturated carbocycles. The van der Waals surface area contributed by atoms with E-state index in [0.29, 0.717) is 23.6 Å². The molecule has 0 radical (unpaired) electrons. The number of rotatable bonds is 6. The molecule has 0 aliphatic heterocycles. The number of fused-ring (bicyclic) bond motifs is 1. The molecule has 8 heteroatoms. The van der Waals surface area contributed by atoms with Gasteiger partial charge in [0.15, 0.2) is 5.65 Å². The predicted molar refractivity (Wildman–Crippen MR) is 134 cm³/mol. The molecule has 1 aliphatic carbocycles. The van der Waals surface area contributed by atoms with Gasteiger partial charge in [0.2, 0.25) is 0 Å². The van der Waals surface area contributed by atoms with Gasteiger partial charge in [0.05, 0.1) is 11.1 Å². The summed E-state index contributed by atoms with van der Waals surface area (Å²) in [6, 6.07) is 11.7. The Kier molecular flexibility index (Phi) is 6.04. The quantitative estimate of drug-likeness (QED) is 0.435. The van der Waals surface area contributed by atoms with Crippen LogP contribution in [0.3, 0.4) is 0 Å². The van der Waals surface area contributed by atoms with Crippen LogP contribution in [-0.4, -0.2) is 39.2 Å². The minimum absolute atomic E-state index is 0.242. The fourth-order valence-corrected chi connectivity index (χ4v) is 6.41. The molecule has 5 rings (SSSR count). The Labute approximate surface area is 200 Å². The highest BCUT2D eigenvalue weighted by atomic mass is 32.2. The van der Waals surface area contributed by atoms with E-state index in [1.807, 2.05) is 25.5 Å². The van der Waals surface area contributed by atoms with Crippen molar-refractivity contribution in [2.75, 3.05) is 0 Å². The van der Waals surface area contributed by atoms with E-state index in [0.717, 1.165) is 42.2 Å². The van der Waals surface area contributed by atoms with Crippen molar-refractivity contribution >= 4 is 21.1 Å². The highest BCUT2D eigenvalue weighted by Crippen LogP contribution is 2.37. The van der Waals surface area contributed by atoms with E-state index in [4.69, 9.17) is 4.98 Å². The minimum Gasteiger partial charge on any atom is -0.312 e. The van der Waals surface area contributed by atoms with Gasteiger partial charge in [-0.3, -0.25) is 4.68 Å². The minimum atomic E-state index is -3.78. The van der Waals surface area contributed by atoms with Crippen molar-refractivity contribution in [3.63, 3.8) is 0 Å². The zero-order valence-corrected chi connectivity index (χ0v) is 20.7. The van der Waals surface area contributed by atoms with Crippen molar-refractivity contribution in [2.45, 2.75) is 62.4 Å². The Morgan fingerprint density at radius 3 is 2.41 bits per heavy atom. The molecule has 34 heavy (non-hydrogen) atoms. The third-order valence-corrected chi connectivity index (χ3v) is 8.38. The SMILES string of the molecule is CC(C)N[C@H]1CC[C@H](c2cnc3c(c2)c(-c2cnn(C)c2)cn3S(=O)(=O)c2ccccc2)CC1. The lowest BCUT2D eigenvalue weighted by molar-refractivity contribution is 0.326. The van der Waals surface area contributed by atoms with E-state index in [1.165, 1.54) is 9.54 Å². The second-order valence-corrected chi connectivity index (χ2v) is 11.4. The van der Waals surface area contributed by atoms with Crippen molar-refractivity contribution in [1.29, 1.82) is 0 Å². The Hall–Kier alpha value is -2.97. The molecule has 1 aliphatic rings. The van der Waals surface area contributed by atoms with Gasteiger partial charge in [-0.05, 0) is 55.4 Å². The van der Waals surface area contributed by atoms with Crippen molar-refractivity contribution in [1.82, 2.24) is 24.1 Å². The number of nitrogens with one attached hydrogen (secondary N) is 1. The summed E-state index contributed by atoms with van der Waals surface area (Å²) in [7, 11) is -1.93. The van der Waals surface area contributed by atoms with E-state index in [1.54, 1.807) is 41.3 Å². The molecule has 4 aromatic rings. The molecular formula is C26H31N5O2S. The van der Waals surface area contributed by atoms with Gasteiger partial charge >= 0.3 is 0 Å². The third kappa shape index (κ3) is 4.28. The lowest BCUT2D eigenvalue weighted by atomic mass is 9.82. The summed E-state index contributed by atoms with van der Waals surface area (Å²) in [6.45, 7) is 4.39. The van der Waals surface area contributed by atoms with Gasteiger partial charge < -0.3 is 5.32 Å². The van der Waals surface area contributed by atoms with Gasteiger partial charge in [-0.15, -0.1) is 0 Å². The van der Waals surface area contributed by atoms with Gasteiger partial charge in [-0.2, -0.15) is 5.10 Å². The normalized spacial score (nSPS) is 19.2. The molecule has 3 aromatic heterocycles. The molecule has 0 atom stereocenters. The average molecular weight is 478 g/mol. The maximum Gasteiger partial charge on any atom is 0.269 e. The zero-order valence-electron chi connectivity index (χ0n) is 19.8.